The number of hydrogen-bond donors (Lipinski definition) is 1. The SMILES string of the molecule is C[C@@H]1CCc2c(sc3c2c(=O)n(CC(=O)O)c(=O)n3CCc2ccccc2)C1. The standard InChI is InChI=1S/C21H22N2O4S/c1-13-7-8-15-16(11-13)28-20-18(15)19(26)23(12-17(24)25)21(27)22(20)10-9-14-5-3-2-4-6-14/h2-6,13H,7-12H2,1H3,(H,24,25)/t13-/m1/s1. The van der Waals surface area contributed by atoms with Crippen LogP contribution in [-0.4, -0.2) is 20.2 Å². The zero-order chi connectivity index (χ0) is 19.8. The van der Waals surface area contributed by atoms with E-state index in [2.05, 4.69) is 6.92 Å². The van der Waals surface area contributed by atoms with Crippen molar-refractivity contribution in [3.8, 4) is 0 Å². The molecule has 0 bridgehead atoms. The summed E-state index contributed by atoms with van der Waals surface area (Å²) < 4.78 is 2.47. The van der Waals surface area contributed by atoms with E-state index in [9.17, 15) is 19.5 Å². The number of aryl methyl sites for hydroxylation is 3. The summed E-state index contributed by atoms with van der Waals surface area (Å²) in [5.74, 6) is -0.642. The smallest absolute Gasteiger partial charge is 0.332 e. The molecule has 0 unspecified atom stereocenters. The van der Waals surface area contributed by atoms with Gasteiger partial charge in [-0.3, -0.25) is 14.2 Å². The monoisotopic (exact) mass is 398 g/mol. The molecular weight excluding hydrogens is 376 g/mol. The summed E-state index contributed by atoms with van der Waals surface area (Å²) in [6.45, 7) is 1.99. The molecule has 0 aliphatic heterocycles. The first-order valence-electron chi connectivity index (χ1n) is 9.49. The van der Waals surface area contributed by atoms with E-state index in [0.717, 1.165) is 39.8 Å². The van der Waals surface area contributed by atoms with Gasteiger partial charge in [0.2, 0.25) is 0 Å². The molecule has 28 heavy (non-hydrogen) atoms. The quantitative estimate of drug-likeness (QED) is 0.716. The first-order valence-corrected chi connectivity index (χ1v) is 10.3. The maximum Gasteiger partial charge on any atom is 0.332 e. The second-order valence-corrected chi connectivity index (χ2v) is 8.57. The van der Waals surface area contributed by atoms with Crippen LogP contribution in [0, 0.1) is 5.92 Å². The van der Waals surface area contributed by atoms with Crippen LogP contribution in [0.2, 0.25) is 0 Å². The number of aromatic nitrogens is 2. The molecule has 1 aliphatic rings. The van der Waals surface area contributed by atoms with Crippen LogP contribution in [0.1, 0.15) is 29.3 Å². The van der Waals surface area contributed by atoms with Gasteiger partial charge in [0, 0.05) is 11.4 Å². The Bertz CT molecular complexity index is 1160. The van der Waals surface area contributed by atoms with Crippen molar-refractivity contribution < 1.29 is 9.90 Å². The van der Waals surface area contributed by atoms with E-state index in [1.54, 1.807) is 4.57 Å². The average Bonchev–Trinajstić information content (AvgIpc) is 3.04. The van der Waals surface area contributed by atoms with Gasteiger partial charge in [-0.05, 0) is 42.7 Å². The zero-order valence-electron chi connectivity index (χ0n) is 15.7. The van der Waals surface area contributed by atoms with Crippen molar-refractivity contribution in [1.82, 2.24) is 9.13 Å². The predicted octanol–water partition coefficient (Wildman–Crippen LogP) is 2.68. The van der Waals surface area contributed by atoms with Gasteiger partial charge in [-0.25, -0.2) is 9.36 Å². The fourth-order valence-corrected chi connectivity index (χ4v) is 5.48. The van der Waals surface area contributed by atoms with Gasteiger partial charge >= 0.3 is 11.7 Å². The molecule has 1 aliphatic carbocycles. The summed E-state index contributed by atoms with van der Waals surface area (Å²) in [4.78, 5) is 39.1. The van der Waals surface area contributed by atoms with E-state index in [4.69, 9.17) is 0 Å². The number of carboxylic acids is 1. The van der Waals surface area contributed by atoms with Crippen molar-refractivity contribution in [2.24, 2.45) is 5.92 Å². The average molecular weight is 398 g/mol. The Labute approximate surface area is 165 Å². The highest BCUT2D eigenvalue weighted by atomic mass is 32.1. The maximum atomic E-state index is 13.0. The molecule has 1 aromatic carbocycles. The Hall–Kier alpha value is -2.67. The maximum absolute atomic E-state index is 13.0. The molecule has 1 N–H and O–H groups in total. The molecule has 0 radical (unpaired) electrons. The summed E-state index contributed by atoms with van der Waals surface area (Å²) in [7, 11) is 0. The number of nitrogens with zero attached hydrogens (tertiary/aromatic N) is 2. The minimum Gasteiger partial charge on any atom is -0.480 e. The third-order valence-corrected chi connectivity index (χ3v) is 6.70. The van der Waals surface area contributed by atoms with E-state index >= 15 is 0 Å². The summed E-state index contributed by atoms with van der Waals surface area (Å²) in [5, 5.41) is 9.75. The van der Waals surface area contributed by atoms with E-state index in [1.807, 2.05) is 30.3 Å². The lowest BCUT2D eigenvalue weighted by molar-refractivity contribution is -0.137. The van der Waals surface area contributed by atoms with Crippen LogP contribution in [0.15, 0.2) is 39.9 Å². The van der Waals surface area contributed by atoms with Gasteiger partial charge < -0.3 is 5.11 Å². The number of benzene rings is 1. The fraction of sp³-hybridized carbons (Fsp3) is 0.381. The van der Waals surface area contributed by atoms with Crippen LogP contribution in [-0.2, 0) is 37.1 Å². The van der Waals surface area contributed by atoms with Crippen LogP contribution >= 0.6 is 11.3 Å². The van der Waals surface area contributed by atoms with Crippen LogP contribution in [0.4, 0.5) is 0 Å². The van der Waals surface area contributed by atoms with Crippen LogP contribution in [0.3, 0.4) is 0 Å². The van der Waals surface area contributed by atoms with Crippen molar-refractivity contribution >= 4 is 27.5 Å². The molecule has 0 spiro atoms. The fourth-order valence-electron chi connectivity index (χ4n) is 3.96. The number of fused-ring (bicyclic) bond motifs is 3. The van der Waals surface area contributed by atoms with Crippen LogP contribution in [0.5, 0.6) is 0 Å². The molecule has 1 atom stereocenters. The highest BCUT2D eigenvalue weighted by Crippen LogP contribution is 2.36. The lowest BCUT2D eigenvalue weighted by Crippen LogP contribution is -2.41. The Balaban J connectivity index is 1.90. The summed E-state index contributed by atoms with van der Waals surface area (Å²) in [6.07, 6.45) is 3.34. The number of carboxylic acid groups (broad SMARTS) is 1. The Morgan fingerprint density at radius 2 is 1.96 bits per heavy atom. The van der Waals surface area contributed by atoms with Crippen LogP contribution in [0.25, 0.3) is 10.2 Å². The van der Waals surface area contributed by atoms with Crippen molar-refractivity contribution in [3.63, 3.8) is 0 Å². The predicted molar refractivity (Wildman–Crippen MR) is 109 cm³/mol. The first-order chi connectivity index (χ1) is 13.5. The van der Waals surface area contributed by atoms with Gasteiger partial charge in [0.15, 0.2) is 0 Å². The summed E-state index contributed by atoms with van der Waals surface area (Å²) in [5.41, 5.74) is 1.09. The summed E-state index contributed by atoms with van der Waals surface area (Å²) in [6, 6.07) is 9.83. The van der Waals surface area contributed by atoms with Crippen molar-refractivity contribution in [2.75, 3.05) is 0 Å². The molecule has 0 saturated carbocycles. The molecular formula is C21H22N2O4S. The number of thiophene rings is 1. The second-order valence-electron chi connectivity index (χ2n) is 7.49. The van der Waals surface area contributed by atoms with Gasteiger partial charge in [-0.2, -0.15) is 0 Å². The highest BCUT2D eigenvalue weighted by Gasteiger charge is 2.26. The lowest BCUT2D eigenvalue weighted by Gasteiger charge is -2.17. The number of rotatable bonds is 5. The van der Waals surface area contributed by atoms with Crippen molar-refractivity contribution in [2.45, 2.75) is 45.7 Å². The van der Waals surface area contributed by atoms with Gasteiger partial charge in [0.1, 0.15) is 11.4 Å². The Morgan fingerprint density at radius 3 is 2.68 bits per heavy atom. The van der Waals surface area contributed by atoms with E-state index in [0.29, 0.717) is 29.1 Å². The molecule has 0 amide bonds. The molecule has 6 nitrogen and oxygen atoms in total. The zero-order valence-corrected chi connectivity index (χ0v) is 16.5. The Kier molecular flexibility index (Phi) is 4.93. The van der Waals surface area contributed by atoms with Crippen molar-refractivity contribution in [3.05, 3.63) is 67.2 Å². The minimum atomic E-state index is -1.19. The van der Waals surface area contributed by atoms with Gasteiger partial charge in [-0.1, -0.05) is 37.3 Å². The number of carbonyl (C=O) groups is 1. The lowest BCUT2D eigenvalue weighted by atomic mass is 9.89. The van der Waals surface area contributed by atoms with Crippen LogP contribution < -0.4 is 11.2 Å². The molecule has 2 aromatic heterocycles. The normalized spacial score (nSPS) is 16.2. The Morgan fingerprint density at radius 1 is 1.21 bits per heavy atom. The first kappa shape index (κ1) is 18.7. The molecule has 146 valence electrons. The molecule has 3 aromatic rings. The van der Waals surface area contributed by atoms with E-state index in [1.165, 1.54) is 11.3 Å². The topological polar surface area (TPSA) is 81.3 Å². The molecule has 0 fully saturated rings. The summed E-state index contributed by atoms with van der Waals surface area (Å²) >= 11 is 1.52. The van der Waals surface area contributed by atoms with Crippen molar-refractivity contribution in [1.29, 1.82) is 0 Å². The minimum absolute atomic E-state index is 0.411. The van der Waals surface area contributed by atoms with E-state index < -0.39 is 23.8 Å². The number of hydrogen-bond acceptors (Lipinski definition) is 4. The highest BCUT2D eigenvalue weighted by molar-refractivity contribution is 7.18. The third kappa shape index (κ3) is 3.30. The molecule has 2 heterocycles. The molecule has 7 heteroatoms. The third-order valence-electron chi connectivity index (χ3n) is 5.42. The second kappa shape index (κ2) is 7.39. The number of aliphatic carboxylic acids is 1. The molecule has 0 saturated heterocycles. The molecule has 4 rings (SSSR count). The van der Waals surface area contributed by atoms with Gasteiger partial charge in [0.25, 0.3) is 5.56 Å². The van der Waals surface area contributed by atoms with E-state index in [-0.39, 0.29) is 0 Å². The largest absolute Gasteiger partial charge is 0.480 e. The van der Waals surface area contributed by atoms with Gasteiger partial charge in [-0.15, -0.1) is 11.3 Å². The van der Waals surface area contributed by atoms with Gasteiger partial charge in [0.05, 0.1) is 5.39 Å².